The first-order valence-electron chi connectivity index (χ1n) is 12.9. The summed E-state index contributed by atoms with van der Waals surface area (Å²) in [4.78, 5) is 27.7. The van der Waals surface area contributed by atoms with Crippen LogP contribution in [0.5, 0.6) is 11.5 Å². The number of rotatable bonds is 11. The standard InChI is InChI=1S/C29H41NO7Si/c1-20(27(31)30-23(18-35-28(30)32)14-21-12-10-9-11-13-21)24-15-22(17-37-38(7,8)29(2,3)4)25(34-6)16-26(24)36-19-33-5/h9-13,15-16,20,23H,14,17-19H2,1-8H3/t20-,23-/m0/s1. The van der Waals surface area contributed by atoms with Crippen molar-refractivity contribution >= 4 is 20.3 Å². The van der Waals surface area contributed by atoms with Crippen LogP contribution in [0, 0.1) is 0 Å². The van der Waals surface area contributed by atoms with Gasteiger partial charge < -0.3 is 23.4 Å². The van der Waals surface area contributed by atoms with Gasteiger partial charge in [-0.1, -0.05) is 51.1 Å². The van der Waals surface area contributed by atoms with E-state index in [4.69, 9.17) is 23.4 Å². The summed E-state index contributed by atoms with van der Waals surface area (Å²) < 4.78 is 28.4. The molecule has 8 nitrogen and oxygen atoms in total. The summed E-state index contributed by atoms with van der Waals surface area (Å²) in [7, 11) is 1.08. The van der Waals surface area contributed by atoms with E-state index < -0.39 is 20.3 Å². The molecule has 2 aromatic carbocycles. The molecule has 2 atom stereocenters. The summed E-state index contributed by atoms with van der Waals surface area (Å²) in [6.45, 7) is 13.2. The molecule has 208 valence electrons. The highest BCUT2D eigenvalue weighted by molar-refractivity contribution is 6.74. The Morgan fingerprint density at radius 3 is 2.42 bits per heavy atom. The van der Waals surface area contributed by atoms with Gasteiger partial charge in [-0.3, -0.25) is 4.79 Å². The number of imide groups is 1. The van der Waals surface area contributed by atoms with E-state index in [1.165, 1.54) is 12.0 Å². The van der Waals surface area contributed by atoms with Gasteiger partial charge in [0.15, 0.2) is 15.1 Å². The van der Waals surface area contributed by atoms with Crippen LogP contribution in [-0.2, 0) is 31.7 Å². The smallest absolute Gasteiger partial charge is 0.417 e. The van der Waals surface area contributed by atoms with Gasteiger partial charge in [-0.25, -0.2) is 9.69 Å². The second-order valence-electron chi connectivity index (χ2n) is 11.2. The third kappa shape index (κ3) is 6.75. The third-order valence-electron chi connectivity index (χ3n) is 7.49. The van der Waals surface area contributed by atoms with Crippen LogP contribution < -0.4 is 9.47 Å². The van der Waals surface area contributed by atoms with Crippen LogP contribution in [0.4, 0.5) is 4.79 Å². The molecule has 1 saturated heterocycles. The summed E-state index contributed by atoms with van der Waals surface area (Å²) in [6.07, 6.45) is -0.108. The lowest BCUT2D eigenvalue weighted by Crippen LogP contribution is -2.42. The number of cyclic esters (lactones) is 1. The normalized spacial score (nSPS) is 16.8. The molecule has 0 saturated carbocycles. The van der Waals surface area contributed by atoms with Gasteiger partial charge in [-0.2, -0.15) is 0 Å². The first-order valence-corrected chi connectivity index (χ1v) is 15.8. The molecule has 3 rings (SSSR count). The Balaban J connectivity index is 1.93. The van der Waals surface area contributed by atoms with Crippen molar-refractivity contribution < 1.29 is 33.0 Å². The molecule has 0 N–H and O–H groups in total. The van der Waals surface area contributed by atoms with Gasteiger partial charge in [-0.15, -0.1) is 0 Å². The van der Waals surface area contributed by atoms with Crippen LogP contribution >= 0.6 is 0 Å². The van der Waals surface area contributed by atoms with Crippen molar-refractivity contribution in [3.8, 4) is 11.5 Å². The molecule has 0 spiro atoms. The van der Waals surface area contributed by atoms with E-state index >= 15 is 0 Å². The molecule has 0 unspecified atom stereocenters. The Labute approximate surface area is 227 Å². The maximum absolute atomic E-state index is 13.8. The first-order chi connectivity index (χ1) is 17.9. The zero-order valence-corrected chi connectivity index (χ0v) is 24.8. The Morgan fingerprint density at radius 1 is 1.13 bits per heavy atom. The molecule has 2 aromatic rings. The fraction of sp³-hybridized carbons (Fsp3) is 0.517. The molecule has 0 bridgehead atoms. The maximum atomic E-state index is 13.8. The van der Waals surface area contributed by atoms with Gasteiger partial charge in [0.25, 0.3) is 0 Å². The largest absolute Gasteiger partial charge is 0.496 e. The Hall–Kier alpha value is -2.88. The molecule has 1 aliphatic rings. The van der Waals surface area contributed by atoms with Crippen molar-refractivity contribution in [1.82, 2.24) is 4.90 Å². The number of amides is 2. The van der Waals surface area contributed by atoms with Crippen LogP contribution in [0.1, 0.15) is 50.3 Å². The number of carbonyl (C=O) groups is 2. The average Bonchev–Trinajstić information content (AvgIpc) is 3.24. The fourth-order valence-electron chi connectivity index (χ4n) is 4.10. The summed E-state index contributed by atoms with van der Waals surface area (Å²) in [5, 5.41) is 0.0394. The molecule has 9 heteroatoms. The van der Waals surface area contributed by atoms with Gasteiger partial charge >= 0.3 is 6.09 Å². The van der Waals surface area contributed by atoms with E-state index in [-0.39, 0.29) is 30.4 Å². The molecular weight excluding hydrogens is 502 g/mol. The van der Waals surface area contributed by atoms with Gasteiger partial charge in [0.05, 0.1) is 25.7 Å². The molecule has 1 aliphatic heterocycles. The summed E-state index contributed by atoms with van der Waals surface area (Å²) in [6, 6.07) is 13.0. The quantitative estimate of drug-likeness (QED) is 0.258. The minimum atomic E-state index is -2.04. The molecule has 1 heterocycles. The van der Waals surface area contributed by atoms with E-state index in [1.807, 2.05) is 36.4 Å². The Bertz CT molecular complexity index is 1110. The lowest BCUT2D eigenvalue weighted by Gasteiger charge is -2.36. The van der Waals surface area contributed by atoms with E-state index in [9.17, 15) is 9.59 Å². The third-order valence-corrected chi connectivity index (χ3v) is 12.0. The van der Waals surface area contributed by atoms with Gasteiger partial charge in [0.1, 0.15) is 18.1 Å². The van der Waals surface area contributed by atoms with E-state index in [0.717, 1.165) is 11.1 Å². The van der Waals surface area contributed by atoms with E-state index in [2.05, 4.69) is 33.9 Å². The van der Waals surface area contributed by atoms with Gasteiger partial charge in [0, 0.05) is 24.3 Å². The number of nitrogens with zero attached hydrogens (tertiary/aromatic N) is 1. The Kier molecular flexibility index (Phi) is 9.62. The molecule has 0 aromatic heterocycles. The second kappa shape index (κ2) is 12.3. The second-order valence-corrected chi connectivity index (χ2v) is 16.0. The number of hydrogen-bond acceptors (Lipinski definition) is 7. The van der Waals surface area contributed by atoms with Crippen LogP contribution in [0.15, 0.2) is 42.5 Å². The monoisotopic (exact) mass is 543 g/mol. The molecular formula is C29H41NO7Si. The number of hydrogen-bond donors (Lipinski definition) is 0. The maximum Gasteiger partial charge on any atom is 0.417 e. The zero-order valence-electron chi connectivity index (χ0n) is 23.8. The van der Waals surface area contributed by atoms with Crippen molar-refractivity contribution in [1.29, 1.82) is 0 Å². The summed E-state index contributed by atoms with van der Waals surface area (Å²) in [5.41, 5.74) is 2.46. The topological polar surface area (TPSA) is 83.5 Å². The molecule has 2 amide bonds. The van der Waals surface area contributed by atoms with Crippen LogP contribution in [0.3, 0.4) is 0 Å². The fourth-order valence-corrected chi connectivity index (χ4v) is 5.05. The summed E-state index contributed by atoms with van der Waals surface area (Å²) in [5.74, 6) is 0.00832. The minimum Gasteiger partial charge on any atom is -0.496 e. The zero-order chi connectivity index (χ0) is 28.1. The highest BCUT2D eigenvalue weighted by atomic mass is 28.4. The predicted octanol–water partition coefficient (Wildman–Crippen LogP) is 5.89. The van der Waals surface area contributed by atoms with Crippen molar-refractivity contribution in [2.45, 2.75) is 70.8 Å². The number of benzene rings is 2. The molecule has 0 aliphatic carbocycles. The molecule has 38 heavy (non-hydrogen) atoms. The van der Waals surface area contributed by atoms with Crippen molar-refractivity contribution in [2.24, 2.45) is 0 Å². The SMILES string of the molecule is COCOc1cc(OC)c(CO[Si](C)(C)C(C)(C)C)cc1[C@H](C)C(=O)N1C(=O)OC[C@@H]1Cc1ccccc1. The van der Waals surface area contributed by atoms with E-state index in [1.54, 1.807) is 20.1 Å². The van der Waals surface area contributed by atoms with Crippen LogP contribution in [-0.4, -0.2) is 58.9 Å². The molecule has 1 fully saturated rings. The van der Waals surface area contributed by atoms with Crippen molar-refractivity contribution in [3.05, 3.63) is 59.2 Å². The van der Waals surface area contributed by atoms with Gasteiger partial charge in [-0.05, 0) is 43.1 Å². The predicted molar refractivity (Wildman–Crippen MR) is 148 cm³/mol. The number of methoxy groups -OCH3 is 2. The summed E-state index contributed by atoms with van der Waals surface area (Å²) >= 11 is 0. The number of carbonyl (C=O) groups excluding carboxylic acids is 2. The van der Waals surface area contributed by atoms with Crippen molar-refractivity contribution in [3.63, 3.8) is 0 Å². The van der Waals surface area contributed by atoms with Crippen molar-refractivity contribution in [2.75, 3.05) is 27.6 Å². The number of ether oxygens (including phenoxy) is 4. The Morgan fingerprint density at radius 2 is 1.82 bits per heavy atom. The minimum absolute atomic E-state index is 0.000726. The van der Waals surface area contributed by atoms with Crippen LogP contribution in [0.2, 0.25) is 18.1 Å². The van der Waals surface area contributed by atoms with E-state index in [0.29, 0.717) is 30.1 Å². The first kappa shape index (κ1) is 29.7. The highest BCUT2D eigenvalue weighted by Crippen LogP contribution is 2.40. The molecule has 0 radical (unpaired) electrons. The lowest BCUT2D eigenvalue weighted by molar-refractivity contribution is -0.130. The van der Waals surface area contributed by atoms with Crippen LogP contribution in [0.25, 0.3) is 0 Å². The van der Waals surface area contributed by atoms with Gasteiger partial charge in [0.2, 0.25) is 5.91 Å². The average molecular weight is 544 g/mol. The lowest BCUT2D eigenvalue weighted by atomic mass is 9.95. The highest BCUT2D eigenvalue weighted by Gasteiger charge is 2.41.